The second-order valence-electron chi connectivity index (χ2n) is 5.73. The van der Waals surface area contributed by atoms with Gasteiger partial charge < -0.3 is 5.32 Å². The van der Waals surface area contributed by atoms with Gasteiger partial charge in [0.05, 0.1) is 12.2 Å². The zero-order chi connectivity index (χ0) is 13.9. The van der Waals surface area contributed by atoms with Gasteiger partial charge in [0.25, 0.3) is 0 Å². The van der Waals surface area contributed by atoms with Gasteiger partial charge in [0, 0.05) is 17.9 Å². The molecule has 1 aromatic heterocycles. The largest absolute Gasteiger partial charge is 0.379 e. The van der Waals surface area contributed by atoms with E-state index in [1.165, 1.54) is 36.1 Å². The number of aromatic nitrogens is 2. The van der Waals surface area contributed by atoms with Crippen LogP contribution in [0.25, 0.3) is 0 Å². The molecule has 1 aliphatic carbocycles. The van der Waals surface area contributed by atoms with Crippen LogP contribution in [0.5, 0.6) is 0 Å². The van der Waals surface area contributed by atoms with Crippen molar-refractivity contribution >= 4 is 5.69 Å². The molecule has 2 aromatic rings. The lowest BCUT2D eigenvalue weighted by Gasteiger charge is -2.09. The molecule has 1 N–H and O–H groups in total. The summed E-state index contributed by atoms with van der Waals surface area (Å²) in [5.41, 5.74) is 5.35. The van der Waals surface area contributed by atoms with Crippen molar-refractivity contribution in [2.24, 2.45) is 0 Å². The van der Waals surface area contributed by atoms with Crippen LogP contribution in [0.15, 0.2) is 30.5 Å². The topological polar surface area (TPSA) is 29.9 Å². The van der Waals surface area contributed by atoms with Crippen LogP contribution in [0.3, 0.4) is 0 Å². The van der Waals surface area contributed by atoms with E-state index in [9.17, 15) is 0 Å². The third-order valence-electron chi connectivity index (χ3n) is 4.28. The van der Waals surface area contributed by atoms with Gasteiger partial charge in [-0.25, -0.2) is 0 Å². The number of hydrogen-bond acceptors (Lipinski definition) is 2. The average molecular weight is 269 g/mol. The van der Waals surface area contributed by atoms with Crippen molar-refractivity contribution in [2.75, 3.05) is 5.32 Å². The van der Waals surface area contributed by atoms with Crippen molar-refractivity contribution in [3.63, 3.8) is 0 Å². The predicted octanol–water partition coefficient (Wildman–Crippen LogP) is 3.95. The van der Waals surface area contributed by atoms with Crippen molar-refractivity contribution in [1.29, 1.82) is 0 Å². The molecule has 3 heteroatoms. The first-order chi connectivity index (χ1) is 9.76. The Bertz CT molecular complexity index is 586. The van der Waals surface area contributed by atoms with E-state index >= 15 is 0 Å². The highest BCUT2D eigenvalue weighted by Gasteiger charge is 2.11. The molecule has 0 saturated carbocycles. The fraction of sp³-hybridized carbons (Fsp3) is 0.471. The fourth-order valence-corrected chi connectivity index (χ4v) is 2.78. The molecular formula is C17H23N3. The van der Waals surface area contributed by atoms with Crippen molar-refractivity contribution in [1.82, 2.24) is 9.78 Å². The summed E-state index contributed by atoms with van der Waals surface area (Å²) in [5.74, 6) is 0. The Morgan fingerprint density at radius 2 is 2.10 bits per heavy atom. The number of benzene rings is 1. The van der Waals surface area contributed by atoms with Crippen LogP contribution in [0.4, 0.5) is 5.69 Å². The van der Waals surface area contributed by atoms with E-state index in [0.717, 1.165) is 18.7 Å². The summed E-state index contributed by atoms with van der Waals surface area (Å²) in [6.45, 7) is 5.18. The number of aryl methyl sites for hydroxylation is 2. The Morgan fingerprint density at radius 1 is 1.25 bits per heavy atom. The number of fused-ring (bicyclic) bond motifs is 1. The maximum atomic E-state index is 4.62. The van der Waals surface area contributed by atoms with E-state index in [0.29, 0.717) is 6.04 Å². The summed E-state index contributed by atoms with van der Waals surface area (Å²) in [6, 6.07) is 9.34. The lowest BCUT2D eigenvalue weighted by molar-refractivity contribution is 0.474. The molecule has 0 radical (unpaired) electrons. The third kappa shape index (κ3) is 2.72. The number of anilines is 1. The molecule has 0 spiro atoms. The van der Waals surface area contributed by atoms with E-state index in [-0.39, 0.29) is 0 Å². The maximum Gasteiger partial charge on any atom is 0.0815 e. The minimum Gasteiger partial charge on any atom is -0.379 e. The van der Waals surface area contributed by atoms with E-state index in [4.69, 9.17) is 0 Å². The van der Waals surface area contributed by atoms with Gasteiger partial charge in [0.1, 0.15) is 0 Å². The normalized spacial score (nSPS) is 15.1. The summed E-state index contributed by atoms with van der Waals surface area (Å²) in [5, 5.41) is 8.11. The summed E-state index contributed by atoms with van der Waals surface area (Å²) in [7, 11) is 0. The summed E-state index contributed by atoms with van der Waals surface area (Å²) in [4.78, 5) is 0. The number of rotatable bonds is 5. The molecule has 20 heavy (non-hydrogen) atoms. The summed E-state index contributed by atoms with van der Waals surface area (Å²) >= 11 is 0. The van der Waals surface area contributed by atoms with E-state index in [2.05, 4.69) is 59.4 Å². The maximum absolute atomic E-state index is 4.62. The molecule has 1 heterocycles. The lowest BCUT2D eigenvalue weighted by atomic mass is 10.1. The SMILES string of the molecule is CCC(C)n1ccc(CNc2ccc3c(c2)CCC3)n1. The van der Waals surface area contributed by atoms with Crippen molar-refractivity contribution in [3.05, 3.63) is 47.3 Å². The van der Waals surface area contributed by atoms with Crippen LogP contribution >= 0.6 is 0 Å². The van der Waals surface area contributed by atoms with Gasteiger partial charge in [-0.05, 0) is 61.9 Å². The fourth-order valence-electron chi connectivity index (χ4n) is 2.78. The predicted molar refractivity (Wildman–Crippen MR) is 83.0 cm³/mol. The van der Waals surface area contributed by atoms with Gasteiger partial charge in [0.2, 0.25) is 0 Å². The Kier molecular flexibility index (Phi) is 3.77. The molecule has 1 aliphatic rings. The van der Waals surface area contributed by atoms with E-state index in [1.807, 2.05) is 0 Å². The molecular weight excluding hydrogens is 246 g/mol. The molecule has 0 saturated heterocycles. The molecule has 3 nitrogen and oxygen atoms in total. The van der Waals surface area contributed by atoms with Crippen LogP contribution in [-0.2, 0) is 19.4 Å². The summed E-state index contributed by atoms with van der Waals surface area (Å²) < 4.78 is 2.06. The third-order valence-corrected chi connectivity index (χ3v) is 4.28. The molecule has 0 bridgehead atoms. The molecule has 0 aliphatic heterocycles. The second kappa shape index (κ2) is 5.70. The molecule has 1 unspecified atom stereocenters. The van der Waals surface area contributed by atoms with E-state index in [1.54, 1.807) is 0 Å². The number of nitrogens with one attached hydrogen (secondary N) is 1. The standard InChI is InChI=1S/C17H23N3/c1-3-13(2)20-10-9-17(19-20)12-18-16-8-7-14-5-4-6-15(14)11-16/h7-11,13,18H,3-6,12H2,1-2H3. The second-order valence-corrected chi connectivity index (χ2v) is 5.73. The quantitative estimate of drug-likeness (QED) is 0.890. The minimum atomic E-state index is 0.476. The monoisotopic (exact) mass is 269 g/mol. The Balaban J connectivity index is 1.63. The van der Waals surface area contributed by atoms with Gasteiger partial charge in [-0.3, -0.25) is 4.68 Å². The van der Waals surface area contributed by atoms with Crippen LogP contribution in [0.2, 0.25) is 0 Å². The smallest absolute Gasteiger partial charge is 0.0815 e. The van der Waals surface area contributed by atoms with Gasteiger partial charge >= 0.3 is 0 Å². The zero-order valence-corrected chi connectivity index (χ0v) is 12.4. The van der Waals surface area contributed by atoms with Gasteiger partial charge in [-0.1, -0.05) is 13.0 Å². The van der Waals surface area contributed by atoms with Crippen molar-refractivity contribution < 1.29 is 0 Å². The van der Waals surface area contributed by atoms with E-state index < -0.39 is 0 Å². The van der Waals surface area contributed by atoms with Gasteiger partial charge in [-0.2, -0.15) is 5.10 Å². The first kappa shape index (κ1) is 13.2. The molecule has 0 fully saturated rings. The van der Waals surface area contributed by atoms with Crippen LogP contribution in [0.1, 0.15) is 49.6 Å². The minimum absolute atomic E-state index is 0.476. The Labute approximate surface area is 121 Å². The van der Waals surface area contributed by atoms with Crippen LogP contribution in [0, 0.1) is 0 Å². The number of hydrogen-bond donors (Lipinski definition) is 1. The Hall–Kier alpha value is -1.77. The zero-order valence-electron chi connectivity index (χ0n) is 12.4. The molecule has 106 valence electrons. The molecule has 0 amide bonds. The van der Waals surface area contributed by atoms with Crippen molar-refractivity contribution in [2.45, 2.75) is 52.1 Å². The number of nitrogens with zero attached hydrogens (tertiary/aromatic N) is 2. The first-order valence-corrected chi connectivity index (χ1v) is 7.66. The summed E-state index contributed by atoms with van der Waals surface area (Å²) in [6.07, 6.45) is 6.97. The first-order valence-electron chi connectivity index (χ1n) is 7.66. The van der Waals surface area contributed by atoms with Gasteiger partial charge in [0.15, 0.2) is 0 Å². The van der Waals surface area contributed by atoms with Crippen molar-refractivity contribution in [3.8, 4) is 0 Å². The average Bonchev–Trinajstić information content (AvgIpc) is 3.12. The lowest BCUT2D eigenvalue weighted by Crippen LogP contribution is -2.06. The highest BCUT2D eigenvalue weighted by molar-refractivity contribution is 5.50. The van der Waals surface area contributed by atoms with Gasteiger partial charge in [-0.15, -0.1) is 0 Å². The van der Waals surface area contributed by atoms with Crippen LogP contribution in [-0.4, -0.2) is 9.78 Å². The highest BCUT2D eigenvalue weighted by atomic mass is 15.3. The van der Waals surface area contributed by atoms with Crippen LogP contribution < -0.4 is 5.32 Å². The molecule has 3 rings (SSSR count). The molecule has 1 aromatic carbocycles. The Morgan fingerprint density at radius 3 is 2.95 bits per heavy atom. The highest BCUT2D eigenvalue weighted by Crippen LogP contribution is 2.25. The molecule has 1 atom stereocenters.